The molecule has 0 atom stereocenters. The molecular formula is C18H19N3O2. The molecule has 0 aliphatic rings. The van der Waals surface area contributed by atoms with E-state index >= 15 is 0 Å². The smallest absolute Gasteiger partial charge is 0.251 e. The van der Waals surface area contributed by atoms with Crippen LogP contribution in [0.4, 0.5) is 0 Å². The zero-order valence-electron chi connectivity index (χ0n) is 13.0. The highest BCUT2D eigenvalue weighted by atomic mass is 16.2. The number of nitrogens with zero attached hydrogens (tertiary/aromatic N) is 1. The van der Waals surface area contributed by atoms with E-state index in [1.54, 1.807) is 12.1 Å². The van der Waals surface area contributed by atoms with Gasteiger partial charge in [-0.25, -0.2) is 0 Å². The summed E-state index contributed by atoms with van der Waals surface area (Å²) in [6, 6.07) is 12.8. The van der Waals surface area contributed by atoms with Crippen molar-refractivity contribution < 1.29 is 9.59 Å². The van der Waals surface area contributed by atoms with E-state index in [0.29, 0.717) is 18.7 Å². The summed E-state index contributed by atoms with van der Waals surface area (Å²) in [6.07, 6.45) is 1.22. The van der Waals surface area contributed by atoms with Gasteiger partial charge in [-0.2, -0.15) is 0 Å². The van der Waals surface area contributed by atoms with Crippen molar-refractivity contribution in [3.8, 4) is 0 Å². The molecule has 0 spiro atoms. The van der Waals surface area contributed by atoms with E-state index in [4.69, 9.17) is 0 Å². The molecule has 0 bridgehead atoms. The molecular weight excluding hydrogens is 290 g/mol. The number of aromatic nitrogens is 1. The van der Waals surface area contributed by atoms with Crippen molar-refractivity contribution in [3.63, 3.8) is 0 Å². The summed E-state index contributed by atoms with van der Waals surface area (Å²) in [5.41, 5.74) is 3.22. The van der Waals surface area contributed by atoms with Crippen molar-refractivity contribution in [2.24, 2.45) is 0 Å². The van der Waals surface area contributed by atoms with Crippen molar-refractivity contribution in [3.05, 3.63) is 77.6 Å². The van der Waals surface area contributed by atoms with E-state index in [1.807, 2.05) is 37.3 Å². The first-order valence-corrected chi connectivity index (χ1v) is 7.28. The van der Waals surface area contributed by atoms with Crippen LogP contribution in [0.2, 0.25) is 0 Å². The zero-order valence-corrected chi connectivity index (χ0v) is 13.0. The lowest BCUT2D eigenvalue weighted by Gasteiger charge is -2.07. The normalized spacial score (nSPS) is 9.96. The zero-order chi connectivity index (χ0) is 16.7. The van der Waals surface area contributed by atoms with Crippen LogP contribution >= 0.6 is 0 Å². The molecule has 0 radical (unpaired) electrons. The Labute approximate surface area is 135 Å². The Bertz CT molecular complexity index is 708. The van der Waals surface area contributed by atoms with Gasteiger partial charge in [-0.05, 0) is 42.8 Å². The predicted molar refractivity (Wildman–Crippen MR) is 88.6 cm³/mol. The molecule has 0 unspecified atom stereocenters. The number of hydrogen-bond donors (Lipinski definition) is 2. The number of carbonyl (C=O) groups excluding carboxylic acids is 2. The SMILES string of the molecule is C=CC(=O)NCc1ccc(C(=O)NCc2cccc(C)n2)cc1. The Balaban J connectivity index is 1.89. The van der Waals surface area contributed by atoms with Crippen LogP contribution in [0.15, 0.2) is 55.1 Å². The first-order chi connectivity index (χ1) is 11.1. The topological polar surface area (TPSA) is 71.1 Å². The summed E-state index contributed by atoms with van der Waals surface area (Å²) in [6.45, 7) is 6.09. The van der Waals surface area contributed by atoms with Gasteiger partial charge in [-0.15, -0.1) is 0 Å². The number of amides is 2. The Kier molecular flexibility index (Phi) is 5.63. The van der Waals surface area contributed by atoms with Crippen LogP contribution in [0.3, 0.4) is 0 Å². The van der Waals surface area contributed by atoms with Gasteiger partial charge in [0.2, 0.25) is 5.91 Å². The molecule has 23 heavy (non-hydrogen) atoms. The second-order valence-electron chi connectivity index (χ2n) is 5.07. The lowest BCUT2D eigenvalue weighted by molar-refractivity contribution is -0.116. The molecule has 0 aliphatic carbocycles. The standard InChI is InChI=1S/C18H19N3O2/c1-3-17(22)19-11-14-7-9-15(10-8-14)18(23)20-12-16-6-4-5-13(2)21-16/h3-10H,1,11-12H2,2H3,(H,19,22)(H,20,23). The van der Waals surface area contributed by atoms with Gasteiger partial charge >= 0.3 is 0 Å². The second-order valence-corrected chi connectivity index (χ2v) is 5.07. The molecule has 2 amide bonds. The number of pyridine rings is 1. The van der Waals surface area contributed by atoms with Gasteiger partial charge in [0, 0.05) is 17.8 Å². The second kappa shape index (κ2) is 7.89. The minimum Gasteiger partial charge on any atom is -0.348 e. The van der Waals surface area contributed by atoms with E-state index in [1.165, 1.54) is 6.08 Å². The largest absolute Gasteiger partial charge is 0.348 e. The molecule has 1 heterocycles. The first-order valence-electron chi connectivity index (χ1n) is 7.28. The summed E-state index contributed by atoms with van der Waals surface area (Å²) in [5, 5.41) is 5.52. The maximum Gasteiger partial charge on any atom is 0.251 e. The summed E-state index contributed by atoms with van der Waals surface area (Å²) in [5.74, 6) is -0.382. The third kappa shape index (κ3) is 5.07. The molecule has 0 saturated heterocycles. The number of rotatable bonds is 6. The third-order valence-electron chi connectivity index (χ3n) is 3.24. The van der Waals surface area contributed by atoms with Gasteiger partial charge in [0.1, 0.15) is 0 Å². The molecule has 2 rings (SSSR count). The maximum absolute atomic E-state index is 12.1. The Morgan fingerprint density at radius 3 is 2.48 bits per heavy atom. The Hall–Kier alpha value is -2.95. The number of aryl methyl sites for hydroxylation is 1. The number of nitrogens with one attached hydrogen (secondary N) is 2. The summed E-state index contributed by atoms with van der Waals surface area (Å²) >= 11 is 0. The molecule has 5 heteroatoms. The Morgan fingerprint density at radius 1 is 1.09 bits per heavy atom. The number of hydrogen-bond acceptors (Lipinski definition) is 3. The van der Waals surface area contributed by atoms with Gasteiger partial charge in [0.15, 0.2) is 0 Å². The average Bonchev–Trinajstić information content (AvgIpc) is 2.58. The van der Waals surface area contributed by atoms with E-state index in [0.717, 1.165) is 17.0 Å². The van der Waals surface area contributed by atoms with Gasteiger partial charge in [-0.3, -0.25) is 14.6 Å². The van der Waals surface area contributed by atoms with Crippen LogP contribution in [0.5, 0.6) is 0 Å². The number of benzene rings is 1. The van der Waals surface area contributed by atoms with Crippen LogP contribution < -0.4 is 10.6 Å². The quantitative estimate of drug-likeness (QED) is 0.803. The molecule has 2 N–H and O–H groups in total. The lowest BCUT2D eigenvalue weighted by Crippen LogP contribution is -2.23. The van der Waals surface area contributed by atoms with Gasteiger partial charge < -0.3 is 10.6 Å². The molecule has 0 fully saturated rings. The number of carbonyl (C=O) groups is 2. The fraction of sp³-hybridized carbons (Fsp3) is 0.167. The van der Waals surface area contributed by atoms with E-state index in [2.05, 4.69) is 22.2 Å². The summed E-state index contributed by atoms with van der Waals surface area (Å²) in [7, 11) is 0. The molecule has 0 saturated carbocycles. The fourth-order valence-corrected chi connectivity index (χ4v) is 2.01. The molecule has 118 valence electrons. The maximum atomic E-state index is 12.1. The first kappa shape index (κ1) is 16.4. The molecule has 5 nitrogen and oxygen atoms in total. The molecule has 1 aromatic carbocycles. The third-order valence-corrected chi connectivity index (χ3v) is 3.24. The predicted octanol–water partition coefficient (Wildman–Crippen LogP) is 2.12. The highest BCUT2D eigenvalue weighted by Gasteiger charge is 2.06. The molecule has 2 aromatic rings. The van der Waals surface area contributed by atoms with Gasteiger partial charge in [-0.1, -0.05) is 24.8 Å². The molecule has 1 aromatic heterocycles. The van der Waals surface area contributed by atoms with Crippen molar-refractivity contribution in [2.45, 2.75) is 20.0 Å². The lowest BCUT2D eigenvalue weighted by atomic mass is 10.1. The van der Waals surface area contributed by atoms with E-state index < -0.39 is 0 Å². The van der Waals surface area contributed by atoms with Crippen molar-refractivity contribution in [1.82, 2.24) is 15.6 Å². The minimum atomic E-state index is -0.225. The van der Waals surface area contributed by atoms with Crippen LogP contribution in [0.25, 0.3) is 0 Å². The summed E-state index contributed by atoms with van der Waals surface area (Å²) in [4.78, 5) is 27.5. The van der Waals surface area contributed by atoms with E-state index in [-0.39, 0.29) is 11.8 Å². The van der Waals surface area contributed by atoms with Gasteiger partial charge in [0.05, 0.1) is 12.2 Å². The Morgan fingerprint density at radius 2 is 1.83 bits per heavy atom. The van der Waals surface area contributed by atoms with Crippen LogP contribution in [0.1, 0.15) is 27.3 Å². The fourth-order valence-electron chi connectivity index (χ4n) is 2.01. The van der Waals surface area contributed by atoms with Gasteiger partial charge in [0.25, 0.3) is 5.91 Å². The molecule has 0 aliphatic heterocycles. The van der Waals surface area contributed by atoms with E-state index in [9.17, 15) is 9.59 Å². The monoisotopic (exact) mass is 309 g/mol. The van der Waals surface area contributed by atoms with Crippen molar-refractivity contribution in [2.75, 3.05) is 0 Å². The van der Waals surface area contributed by atoms with Crippen molar-refractivity contribution in [1.29, 1.82) is 0 Å². The highest BCUT2D eigenvalue weighted by Crippen LogP contribution is 2.05. The van der Waals surface area contributed by atoms with Crippen LogP contribution in [0, 0.1) is 6.92 Å². The van der Waals surface area contributed by atoms with Crippen LogP contribution in [-0.4, -0.2) is 16.8 Å². The summed E-state index contributed by atoms with van der Waals surface area (Å²) < 4.78 is 0. The highest BCUT2D eigenvalue weighted by molar-refractivity contribution is 5.94. The minimum absolute atomic E-state index is 0.157. The van der Waals surface area contributed by atoms with Crippen molar-refractivity contribution >= 4 is 11.8 Å². The van der Waals surface area contributed by atoms with Crippen LogP contribution in [-0.2, 0) is 17.9 Å². The average molecular weight is 309 g/mol.